The minimum Gasteiger partial charge on any atom is -0.461 e. The van der Waals surface area contributed by atoms with Gasteiger partial charge in [-0.15, -0.1) is 0 Å². The highest BCUT2D eigenvalue weighted by molar-refractivity contribution is 5.68. The molecule has 0 aliphatic carbocycles. The molecule has 23 heavy (non-hydrogen) atoms. The molecular formula is C15H11F4NO3. The first-order chi connectivity index (χ1) is 10.9. The monoisotopic (exact) mass is 329 g/mol. The fourth-order valence-electron chi connectivity index (χ4n) is 1.89. The summed E-state index contributed by atoms with van der Waals surface area (Å²) in [5, 5.41) is 0. The molecule has 0 atom stereocenters. The standard InChI is InChI=1S/C15H11F4NO3/c1-8(21)22-7-9-4-11(23-15(18)19)2-3-12(9)14-13(17)5-10(16)6-20-14/h2-6,15H,7H2,1H3. The molecular weight excluding hydrogens is 318 g/mol. The van der Waals surface area contributed by atoms with Crippen molar-refractivity contribution in [3.05, 3.63) is 47.7 Å². The van der Waals surface area contributed by atoms with Crippen molar-refractivity contribution in [1.82, 2.24) is 4.98 Å². The molecule has 1 aromatic carbocycles. The first-order valence-corrected chi connectivity index (χ1v) is 6.39. The molecule has 1 heterocycles. The van der Waals surface area contributed by atoms with Crippen LogP contribution >= 0.6 is 0 Å². The number of hydrogen-bond donors (Lipinski definition) is 0. The number of esters is 1. The van der Waals surface area contributed by atoms with Crippen molar-refractivity contribution in [2.24, 2.45) is 0 Å². The smallest absolute Gasteiger partial charge is 0.387 e. The first kappa shape index (κ1) is 16.7. The van der Waals surface area contributed by atoms with Gasteiger partial charge in [-0.05, 0) is 18.2 Å². The van der Waals surface area contributed by atoms with E-state index >= 15 is 0 Å². The number of carbonyl (C=O) groups is 1. The summed E-state index contributed by atoms with van der Waals surface area (Å²) in [5.41, 5.74) is 0.166. The SMILES string of the molecule is CC(=O)OCc1cc(OC(F)F)ccc1-c1ncc(F)cc1F. The van der Waals surface area contributed by atoms with Crippen LogP contribution in [0.3, 0.4) is 0 Å². The number of rotatable bonds is 5. The van der Waals surface area contributed by atoms with E-state index in [2.05, 4.69) is 9.72 Å². The number of carbonyl (C=O) groups excluding carboxylic acids is 1. The molecule has 0 saturated carbocycles. The molecule has 8 heteroatoms. The zero-order chi connectivity index (χ0) is 17.0. The third kappa shape index (κ3) is 4.41. The third-order valence-electron chi connectivity index (χ3n) is 2.80. The van der Waals surface area contributed by atoms with Crippen molar-refractivity contribution in [2.45, 2.75) is 20.1 Å². The van der Waals surface area contributed by atoms with Crippen molar-refractivity contribution in [1.29, 1.82) is 0 Å². The Bertz CT molecular complexity index is 722. The summed E-state index contributed by atoms with van der Waals surface area (Å²) in [6.45, 7) is -2.18. The van der Waals surface area contributed by atoms with Gasteiger partial charge >= 0.3 is 12.6 Å². The van der Waals surface area contributed by atoms with Crippen molar-refractivity contribution in [2.75, 3.05) is 0 Å². The van der Waals surface area contributed by atoms with Crippen LogP contribution in [0.1, 0.15) is 12.5 Å². The number of benzene rings is 1. The maximum atomic E-state index is 13.9. The van der Waals surface area contributed by atoms with E-state index in [4.69, 9.17) is 4.74 Å². The molecule has 0 saturated heterocycles. The minimum absolute atomic E-state index is 0.172. The molecule has 2 aromatic rings. The van der Waals surface area contributed by atoms with Gasteiger partial charge in [-0.3, -0.25) is 9.78 Å². The van der Waals surface area contributed by atoms with Crippen molar-refractivity contribution in [3.8, 4) is 17.0 Å². The van der Waals surface area contributed by atoms with Gasteiger partial charge in [0.25, 0.3) is 0 Å². The van der Waals surface area contributed by atoms with Gasteiger partial charge in [-0.1, -0.05) is 0 Å². The van der Waals surface area contributed by atoms with E-state index in [0.29, 0.717) is 6.07 Å². The Morgan fingerprint density at radius 2 is 2.00 bits per heavy atom. The molecule has 4 nitrogen and oxygen atoms in total. The average molecular weight is 329 g/mol. The first-order valence-electron chi connectivity index (χ1n) is 6.39. The van der Waals surface area contributed by atoms with E-state index in [-0.39, 0.29) is 29.2 Å². The minimum atomic E-state index is -3.04. The third-order valence-corrected chi connectivity index (χ3v) is 2.80. The highest BCUT2D eigenvalue weighted by Gasteiger charge is 2.15. The second kappa shape index (κ2) is 7.08. The molecule has 0 radical (unpaired) electrons. The van der Waals surface area contributed by atoms with Crippen LogP contribution in [0.25, 0.3) is 11.3 Å². The molecule has 0 N–H and O–H groups in total. The van der Waals surface area contributed by atoms with Crippen LogP contribution < -0.4 is 4.74 Å². The molecule has 0 amide bonds. The van der Waals surface area contributed by atoms with Crippen LogP contribution in [0.4, 0.5) is 17.6 Å². The quantitative estimate of drug-likeness (QED) is 0.620. The van der Waals surface area contributed by atoms with E-state index in [0.717, 1.165) is 13.1 Å². The molecule has 0 spiro atoms. The van der Waals surface area contributed by atoms with Gasteiger partial charge in [0.1, 0.15) is 23.9 Å². The summed E-state index contributed by atoms with van der Waals surface area (Å²) < 4.78 is 60.4. The maximum Gasteiger partial charge on any atom is 0.387 e. The summed E-state index contributed by atoms with van der Waals surface area (Å²) in [4.78, 5) is 14.6. The number of alkyl halides is 2. The van der Waals surface area contributed by atoms with Gasteiger partial charge in [-0.2, -0.15) is 8.78 Å². The highest BCUT2D eigenvalue weighted by atomic mass is 19.3. The maximum absolute atomic E-state index is 13.9. The van der Waals surface area contributed by atoms with E-state index in [1.165, 1.54) is 18.2 Å². The Labute approximate surface area is 128 Å². The largest absolute Gasteiger partial charge is 0.461 e. The molecule has 1 aromatic heterocycles. The van der Waals surface area contributed by atoms with Crippen molar-refractivity contribution >= 4 is 5.97 Å². The zero-order valence-electron chi connectivity index (χ0n) is 11.9. The van der Waals surface area contributed by atoms with E-state index in [1.807, 2.05) is 0 Å². The average Bonchev–Trinajstić information content (AvgIpc) is 2.45. The Morgan fingerprint density at radius 3 is 2.61 bits per heavy atom. The molecule has 122 valence electrons. The van der Waals surface area contributed by atoms with Gasteiger partial charge in [0, 0.05) is 24.1 Å². The number of pyridine rings is 1. The fraction of sp³-hybridized carbons (Fsp3) is 0.200. The Balaban J connectivity index is 2.45. The van der Waals surface area contributed by atoms with Crippen molar-refractivity contribution in [3.63, 3.8) is 0 Å². The van der Waals surface area contributed by atoms with Crippen LogP contribution in [0.15, 0.2) is 30.5 Å². The molecule has 0 unspecified atom stereocenters. The number of nitrogens with zero attached hydrogens (tertiary/aromatic N) is 1. The van der Waals surface area contributed by atoms with Gasteiger partial charge < -0.3 is 9.47 Å². The molecule has 2 rings (SSSR count). The predicted molar refractivity (Wildman–Crippen MR) is 71.7 cm³/mol. The molecule has 0 aliphatic rings. The number of hydrogen-bond acceptors (Lipinski definition) is 4. The number of aromatic nitrogens is 1. The lowest BCUT2D eigenvalue weighted by molar-refractivity contribution is -0.142. The van der Waals surface area contributed by atoms with Crippen LogP contribution in [-0.2, 0) is 16.1 Å². The molecule has 0 aliphatic heterocycles. The zero-order valence-corrected chi connectivity index (χ0v) is 11.9. The number of halogens is 4. The van der Waals surface area contributed by atoms with Gasteiger partial charge in [-0.25, -0.2) is 8.78 Å². The predicted octanol–water partition coefficient (Wildman–Crippen LogP) is 3.69. The van der Waals surface area contributed by atoms with Gasteiger partial charge in [0.15, 0.2) is 5.82 Å². The highest BCUT2D eigenvalue weighted by Crippen LogP contribution is 2.29. The second-order valence-electron chi connectivity index (χ2n) is 4.46. The lowest BCUT2D eigenvalue weighted by atomic mass is 10.0. The second-order valence-corrected chi connectivity index (χ2v) is 4.46. The van der Waals surface area contributed by atoms with Crippen LogP contribution in [0.5, 0.6) is 5.75 Å². The van der Waals surface area contributed by atoms with E-state index in [1.54, 1.807) is 0 Å². The van der Waals surface area contributed by atoms with Crippen LogP contribution in [-0.4, -0.2) is 17.6 Å². The fourth-order valence-corrected chi connectivity index (χ4v) is 1.89. The normalized spacial score (nSPS) is 10.7. The lowest BCUT2D eigenvalue weighted by Crippen LogP contribution is -2.05. The summed E-state index contributed by atoms with van der Waals surface area (Å²) in [6.07, 6.45) is 0.817. The molecule has 0 bridgehead atoms. The van der Waals surface area contributed by atoms with Crippen LogP contribution in [0.2, 0.25) is 0 Å². The lowest BCUT2D eigenvalue weighted by Gasteiger charge is -2.12. The number of ether oxygens (including phenoxy) is 2. The van der Waals surface area contributed by atoms with Gasteiger partial charge in [0.2, 0.25) is 0 Å². The summed E-state index contributed by atoms with van der Waals surface area (Å²) in [6, 6.07) is 4.28. The molecule has 0 fully saturated rings. The van der Waals surface area contributed by atoms with Crippen LogP contribution in [0, 0.1) is 11.6 Å². The summed E-state index contributed by atoms with van der Waals surface area (Å²) >= 11 is 0. The Kier molecular flexibility index (Phi) is 5.15. The summed E-state index contributed by atoms with van der Waals surface area (Å²) in [5.74, 6) is -2.58. The Hall–Kier alpha value is -2.64. The van der Waals surface area contributed by atoms with E-state index < -0.39 is 24.2 Å². The Morgan fingerprint density at radius 1 is 1.26 bits per heavy atom. The summed E-state index contributed by atoms with van der Waals surface area (Å²) in [7, 11) is 0. The van der Waals surface area contributed by atoms with E-state index in [9.17, 15) is 22.4 Å². The van der Waals surface area contributed by atoms with Crippen molar-refractivity contribution < 1.29 is 31.8 Å². The topological polar surface area (TPSA) is 48.4 Å². The van der Waals surface area contributed by atoms with Gasteiger partial charge in [0.05, 0.1) is 6.20 Å².